The van der Waals surface area contributed by atoms with E-state index < -0.39 is 37.3 Å². The van der Waals surface area contributed by atoms with Crippen LogP contribution in [0.2, 0.25) is 0 Å². The maximum atomic E-state index is 9.92. The zero-order chi connectivity index (χ0) is 17.0. The van der Waals surface area contributed by atoms with E-state index in [9.17, 15) is 20.4 Å². The predicted molar refractivity (Wildman–Crippen MR) is 80.7 cm³/mol. The number of rotatable bonds is 6. The fraction of sp³-hybridized carbons (Fsp3) is 0.625. The van der Waals surface area contributed by atoms with Crippen LogP contribution < -0.4 is 0 Å². The monoisotopic (exact) mass is 328 g/mol. The molecule has 1 heterocycles. The van der Waals surface area contributed by atoms with Crippen molar-refractivity contribution in [1.29, 1.82) is 0 Å². The molecular formula is C16H24O7. The molecule has 1 aromatic rings. The molecular weight excluding hydrogens is 304 g/mol. The van der Waals surface area contributed by atoms with E-state index >= 15 is 0 Å². The van der Waals surface area contributed by atoms with Gasteiger partial charge in [-0.1, -0.05) is 12.1 Å². The SMILES string of the molecule is CC(CCc1ccc(O)cc1)O[C@H]1O[C@H](CO)[C@@H](O)[C@H](O)[C@H]1O. The molecule has 2 rings (SSSR count). The van der Waals surface area contributed by atoms with Gasteiger partial charge in [0.15, 0.2) is 6.29 Å². The molecule has 7 nitrogen and oxygen atoms in total. The summed E-state index contributed by atoms with van der Waals surface area (Å²) < 4.78 is 10.9. The smallest absolute Gasteiger partial charge is 0.186 e. The second-order valence-corrected chi connectivity index (χ2v) is 5.85. The van der Waals surface area contributed by atoms with Gasteiger partial charge in [0.05, 0.1) is 12.7 Å². The number of ether oxygens (including phenoxy) is 2. The third-order valence-corrected chi connectivity index (χ3v) is 3.99. The number of hydrogen-bond acceptors (Lipinski definition) is 7. The number of aryl methyl sites for hydroxylation is 1. The number of phenolic OH excluding ortho intramolecular Hbond substituents is 1. The van der Waals surface area contributed by atoms with Crippen molar-refractivity contribution < 1.29 is 35.0 Å². The summed E-state index contributed by atoms with van der Waals surface area (Å²) in [5.74, 6) is 0.208. The van der Waals surface area contributed by atoms with Gasteiger partial charge in [0.1, 0.15) is 30.2 Å². The van der Waals surface area contributed by atoms with E-state index in [1.165, 1.54) is 0 Å². The highest BCUT2D eigenvalue weighted by Gasteiger charge is 2.44. The first-order valence-corrected chi connectivity index (χ1v) is 7.66. The van der Waals surface area contributed by atoms with Gasteiger partial charge in [-0.3, -0.25) is 0 Å². The van der Waals surface area contributed by atoms with Gasteiger partial charge < -0.3 is 35.0 Å². The third-order valence-electron chi connectivity index (χ3n) is 3.99. The van der Waals surface area contributed by atoms with Crippen molar-refractivity contribution in [3.63, 3.8) is 0 Å². The molecule has 23 heavy (non-hydrogen) atoms. The average molecular weight is 328 g/mol. The van der Waals surface area contributed by atoms with Gasteiger partial charge in [0.25, 0.3) is 0 Å². The Morgan fingerprint density at radius 1 is 1.09 bits per heavy atom. The Morgan fingerprint density at radius 2 is 1.74 bits per heavy atom. The minimum Gasteiger partial charge on any atom is -0.508 e. The minimum atomic E-state index is -1.44. The number of benzene rings is 1. The third kappa shape index (κ3) is 4.63. The summed E-state index contributed by atoms with van der Waals surface area (Å²) in [5.41, 5.74) is 1.03. The van der Waals surface area contributed by atoms with Crippen LogP contribution in [0.3, 0.4) is 0 Å². The molecule has 0 radical (unpaired) electrons. The molecule has 1 aliphatic heterocycles. The van der Waals surface area contributed by atoms with E-state index in [4.69, 9.17) is 14.6 Å². The molecule has 1 saturated heterocycles. The Hall–Kier alpha value is -1.22. The van der Waals surface area contributed by atoms with Gasteiger partial charge in [-0.05, 0) is 37.5 Å². The molecule has 0 saturated carbocycles. The zero-order valence-electron chi connectivity index (χ0n) is 12.9. The van der Waals surface area contributed by atoms with Crippen LogP contribution in [0.15, 0.2) is 24.3 Å². The molecule has 0 spiro atoms. The van der Waals surface area contributed by atoms with Crippen LogP contribution in [-0.2, 0) is 15.9 Å². The highest BCUT2D eigenvalue weighted by molar-refractivity contribution is 5.25. The van der Waals surface area contributed by atoms with Crippen LogP contribution in [0, 0.1) is 0 Å². The van der Waals surface area contributed by atoms with Gasteiger partial charge in [0.2, 0.25) is 0 Å². The Morgan fingerprint density at radius 3 is 2.35 bits per heavy atom. The molecule has 1 aromatic carbocycles. The highest BCUT2D eigenvalue weighted by Crippen LogP contribution is 2.23. The molecule has 5 N–H and O–H groups in total. The molecule has 1 fully saturated rings. The van der Waals surface area contributed by atoms with Crippen molar-refractivity contribution in [3.8, 4) is 5.75 Å². The minimum absolute atomic E-state index is 0.208. The summed E-state index contributed by atoms with van der Waals surface area (Å²) in [4.78, 5) is 0. The Kier molecular flexibility index (Phi) is 6.34. The Labute approximate surface area is 134 Å². The quantitative estimate of drug-likeness (QED) is 0.479. The number of aliphatic hydroxyl groups excluding tert-OH is 4. The van der Waals surface area contributed by atoms with Gasteiger partial charge in [-0.25, -0.2) is 0 Å². The molecule has 130 valence electrons. The van der Waals surface area contributed by atoms with E-state index in [-0.39, 0.29) is 11.9 Å². The highest BCUT2D eigenvalue weighted by atomic mass is 16.7. The molecule has 6 atom stereocenters. The molecule has 0 amide bonds. The van der Waals surface area contributed by atoms with Crippen molar-refractivity contribution in [3.05, 3.63) is 29.8 Å². The summed E-state index contributed by atoms with van der Waals surface area (Å²) in [5, 5.41) is 47.7. The fourth-order valence-electron chi connectivity index (χ4n) is 2.51. The molecule has 0 aromatic heterocycles. The van der Waals surface area contributed by atoms with E-state index in [2.05, 4.69) is 0 Å². The molecule has 1 aliphatic rings. The summed E-state index contributed by atoms with van der Waals surface area (Å²) >= 11 is 0. The summed E-state index contributed by atoms with van der Waals surface area (Å²) in [6.45, 7) is 1.33. The van der Waals surface area contributed by atoms with E-state index in [0.717, 1.165) is 5.56 Å². The van der Waals surface area contributed by atoms with Crippen LogP contribution >= 0.6 is 0 Å². The maximum absolute atomic E-state index is 9.92. The lowest BCUT2D eigenvalue weighted by molar-refractivity contribution is -0.310. The molecule has 7 heteroatoms. The van der Waals surface area contributed by atoms with E-state index in [1.807, 2.05) is 19.1 Å². The first kappa shape index (κ1) is 18.1. The number of aromatic hydroxyl groups is 1. The van der Waals surface area contributed by atoms with Gasteiger partial charge in [-0.15, -0.1) is 0 Å². The van der Waals surface area contributed by atoms with Crippen molar-refractivity contribution in [1.82, 2.24) is 0 Å². The summed E-state index contributed by atoms with van der Waals surface area (Å²) in [6, 6.07) is 6.85. The first-order chi connectivity index (χ1) is 10.9. The van der Waals surface area contributed by atoms with E-state index in [1.54, 1.807) is 12.1 Å². The largest absolute Gasteiger partial charge is 0.508 e. The number of aliphatic hydroxyl groups is 4. The van der Waals surface area contributed by atoms with Crippen LogP contribution in [0.5, 0.6) is 5.75 Å². The van der Waals surface area contributed by atoms with Crippen molar-refractivity contribution in [2.45, 2.75) is 56.6 Å². The second kappa shape index (κ2) is 8.05. The molecule has 0 bridgehead atoms. The van der Waals surface area contributed by atoms with Crippen molar-refractivity contribution in [2.75, 3.05) is 6.61 Å². The number of hydrogen-bond donors (Lipinski definition) is 5. The normalized spacial score (nSPS) is 32.7. The van der Waals surface area contributed by atoms with E-state index in [0.29, 0.717) is 12.8 Å². The topological polar surface area (TPSA) is 120 Å². The predicted octanol–water partition coefficient (Wildman–Crippen LogP) is -0.470. The van der Waals surface area contributed by atoms with Crippen LogP contribution in [-0.4, -0.2) is 68.9 Å². The van der Waals surface area contributed by atoms with Crippen molar-refractivity contribution >= 4 is 0 Å². The van der Waals surface area contributed by atoms with Gasteiger partial charge in [0, 0.05) is 0 Å². The Balaban J connectivity index is 1.86. The summed E-state index contributed by atoms with van der Waals surface area (Å²) in [6.07, 6.45) is -5.21. The lowest BCUT2D eigenvalue weighted by Gasteiger charge is -2.40. The Bertz CT molecular complexity index is 476. The standard InChI is InChI=1S/C16H24O7/c1-9(2-3-10-4-6-11(18)7-5-10)22-16-15(21)14(20)13(19)12(8-17)23-16/h4-7,9,12-21H,2-3,8H2,1H3/t9?,12-,13-,14+,15-,16+/m1/s1. The molecule has 0 aliphatic carbocycles. The lowest BCUT2D eigenvalue weighted by atomic mass is 9.99. The average Bonchev–Trinajstić information content (AvgIpc) is 2.55. The summed E-state index contributed by atoms with van der Waals surface area (Å²) in [7, 11) is 0. The first-order valence-electron chi connectivity index (χ1n) is 7.66. The van der Waals surface area contributed by atoms with Crippen molar-refractivity contribution in [2.24, 2.45) is 0 Å². The zero-order valence-corrected chi connectivity index (χ0v) is 12.9. The number of phenols is 1. The second-order valence-electron chi connectivity index (χ2n) is 5.85. The van der Waals surface area contributed by atoms with Crippen LogP contribution in [0.1, 0.15) is 18.9 Å². The van der Waals surface area contributed by atoms with Gasteiger partial charge in [-0.2, -0.15) is 0 Å². The fourth-order valence-corrected chi connectivity index (χ4v) is 2.51. The lowest BCUT2D eigenvalue weighted by Crippen LogP contribution is -2.59. The van der Waals surface area contributed by atoms with Gasteiger partial charge >= 0.3 is 0 Å². The van der Waals surface area contributed by atoms with Crippen LogP contribution in [0.25, 0.3) is 0 Å². The molecule has 1 unspecified atom stereocenters. The maximum Gasteiger partial charge on any atom is 0.186 e. The van der Waals surface area contributed by atoms with Crippen LogP contribution in [0.4, 0.5) is 0 Å².